The Morgan fingerprint density at radius 2 is 1.83 bits per heavy atom. The summed E-state index contributed by atoms with van der Waals surface area (Å²) in [5, 5.41) is 9.71. The van der Waals surface area contributed by atoms with Crippen LogP contribution in [0.15, 0.2) is 42.5 Å². The minimum absolute atomic E-state index is 0.0376. The highest BCUT2D eigenvalue weighted by atomic mass is 16.5. The number of ether oxygens (including phenoxy) is 1. The lowest BCUT2D eigenvalue weighted by molar-refractivity contribution is 0.0959. The number of ketones is 2. The van der Waals surface area contributed by atoms with E-state index in [-0.39, 0.29) is 17.7 Å². The molecule has 0 bridgehead atoms. The topological polar surface area (TPSA) is 76.5 Å². The van der Waals surface area contributed by atoms with Gasteiger partial charge < -0.3 is 9.84 Å². The number of hydrogen-bond acceptors (Lipinski definition) is 5. The number of benzene rings is 1. The molecule has 5 atom stereocenters. The molecule has 1 heterocycles. The van der Waals surface area contributed by atoms with Gasteiger partial charge in [0.2, 0.25) is 0 Å². The van der Waals surface area contributed by atoms with E-state index in [0.29, 0.717) is 47.5 Å². The normalized spacial score (nSPS) is 26.0. The van der Waals surface area contributed by atoms with Gasteiger partial charge in [-0.2, -0.15) is 0 Å². The van der Waals surface area contributed by atoms with E-state index in [2.05, 4.69) is 4.98 Å². The van der Waals surface area contributed by atoms with Crippen LogP contribution in [-0.4, -0.2) is 34.9 Å². The molecule has 5 heteroatoms. The number of hydrogen-bond donors (Lipinski definition) is 1. The maximum absolute atomic E-state index is 13.0. The summed E-state index contributed by atoms with van der Waals surface area (Å²) in [6, 6.07) is 13.1. The van der Waals surface area contributed by atoms with Crippen molar-refractivity contribution in [3.63, 3.8) is 0 Å². The summed E-state index contributed by atoms with van der Waals surface area (Å²) in [5.74, 6) is 1.26. The molecule has 2 aromatic rings. The second-order valence-corrected chi connectivity index (χ2v) is 8.21. The molecule has 2 fully saturated rings. The summed E-state index contributed by atoms with van der Waals surface area (Å²) in [7, 11) is 1.60. The Kier molecular flexibility index (Phi) is 5.61. The number of fused-ring (bicyclic) bond motifs is 1. The lowest BCUT2D eigenvalue weighted by Gasteiger charge is -2.17. The molecule has 0 spiro atoms. The van der Waals surface area contributed by atoms with E-state index < -0.39 is 6.10 Å². The highest BCUT2D eigenvalue weighted by molar-refractivity contribution is 6.00. The fourth-order valence-electron chi connectivity index (χ4n) is 4.81. The van der Waals surface area contributed by atoms with E-state index >= 15 is 0 Å². The van der Waals surface area contributed by atoms with Crippen molar-refractivity contribution in [2.24, 2.45) is 17.8 Å². The van der Waals surface area contributed by atoms with Crippen molar-refractivity contribution >= 4 is 11.6 Å². The predicted octanol–water partition coefficient (Wildman–Crippen LogP) is 4.00. The predicted molar refractivity (Wildman–Crippen MR) is 109 cm³/mol. The summed E-state index contributed by atoms with van der Waals surface area (Å²) in [4.78, 5) is 29.9. The Labute approximate surface area is 171 Å². The van der Waals surface area contributed by atoms with Crippen molar-refractivity contribution in [3.05, 3.63) is 65.0 Å². The minimum Gasteiger partial charge on any atom is -0.393 e. The largest absolute Gasteiger partial charge is 0.393 e. The third kappa shape index (κ3) is 4.02. The van der Waals surface area contributed by atoms with Gasteiger partial charge >= 0.3 is 0 Å². The van der Waals surface area contributed by atoms with Gasteiger partial charge in [0.15, 0.2) is 11.6 Å². The molecule has 3 unspecified atom stereocenters. The summed E-state index contributed by atoms with van der Waals surface area (Å²) in [6.07, 6.45) is 1.77. The Hall–Kier alpha value is -2.37. The van der Waals surface area contributed by atoms with Crippen molar-refractivity contribution in [3.8, 4) is 0 Å². The quantitative estimate of drug-likeness (QED) is 0.686. The van der Waals surface area contributed by atoms with Crippen molar-refractivity contribution in [2.75, 3.05) is 7.11 Å². The Balaban J connectivity index is 1.62. The molecule has 0 saturated heterocycles. The Morgan fingerprint density at radius 1 is 1.14 bits per heavy atom. The average Bonchev–Trinajstić information content (AvgIpc) is 3.18. The van der Waals surface area contributed by atoms with E-state index in [1.165, 1.54) is 0 Å². The molecule has 4 rings (SSSR count). The standard InChI is InChI=1S/C24H27NO4/c1-3-22(27)20-9-15(23(28)13-19-17-11-16(26)12-18(17)19)10-21(25-20)24(29-2)14-7-5-4-6-8-14/h4-10,16-19,24,26H,3,11-13H2,1-2H3/t16?,17-,18+,19?,24?. The number of methoxy groups -OCH3 is 1. The molecule has 2 saturated carbocycles. The van der Waals surface area contributed by atoms with Crippen molar-refractivity contribution < 1.29 is 19.4 Å². The van der Waals surface area contributed by atoms with E-state index in [1.807, 2.05) is 30.3 Å². The van der Waals surface area contributed by atoms with Crippen LogP contribution in [0.1, 0.15) is 70.8 Å². The maximum atomic E-state index is 13.0. The second-order valence-electron chi connectivity index (χ2n) is 8.21. The van der Waals surface area contributed by atoms with Gasteiger partial charge in [-0.25, -0.2) is 4.98 Å². The lowest BCUT2D eigenvalue weighted by atomic mass is 9.97. The van der Waals surface area contributed by atoms with Crippen LogP contribution in [0, 0.1) is 17.8 Å². The number of Topliss-reactive ketones (excluding diaryl/α,β-unsaturated/α-hetero) is 2. The number of carbonyl (C=O) groups excluding carboxylic acids is 2. The van der Waals surface area contributed by atoms with E-state index in [4.69, 9.17) is 4.74 Å². The van der Waals surface area contributed by atoms with Gasteiger partial charge in [-0.3, -0.25) is 9.59 Å². The molecule has 5 nitrogen and oxygen atoms in total. The van der Waals surface area contributed by atoms with Gasteiger partial charge in [0.05, 0.1) is 11.8 Å². The van der Waals surface area contributed by atoms with Gasteiger partial charge in [-0.05, 0) is 48.3 Å². The molecular weight excluding hydrogens is 366 g/mol. The van der Waals surface area contributed by atoms with Gasteiger partial charge in [-0.15, -0.1) is 0 Å². The van der Waals surface area contributed by atoms with Crippen LogP contribution in [0.4, 0.5) is 0 Å². The zero-order valence-corrected chi connectivity index (χ0v) is 16.9. The Morgan fingerprint density at radius 3 is 2.45 bits per heavy atom. The van der Waals surface area contributed by atoms with E-state index in [0.717, 1.165) is 18.4 Å². The Bertz CT molecular complexity index is 898. The summed E-state index contributed by atoms with van der Waals surface area (Å²) in [5.41, 5.74) is 2.34. The first-order valence-electron chi connectivity index (χ1n) is 10.4. The van der Waals surface area contributed by atoms with Gasteiger partial charge in [0.1, 0.15) is 11.8 Å². The van der Waals surface area contributed by atoms with E-state index in [1.54, 1.807) is 26.2 Å². The first-order chi connectivity index (χ1) is 14.0. The minimum atomic E-state index is -0.442. The molecule has 152 valence electrons. The highest BCUT2D eigenvalue weighted by Crippen LogP contribution is 2.59. The van der Waals surface area contributed by atoms with Crippen molar-refractivity contribution in [1.29, 1.82) is 0 Å². The van der Waals surface area contributed by atoms with Gasteiger partial charge in [-0.1, -0.05) is 37.3 Å². The van der Waals surface area contributed by atoms with Crippen LogP contribution >= 0.6 is 0 Å². The first-order valence-corrected chi connectivity index (χ1v) is 10.4. The van der Waals surface area contributed by atoms with Crippen LogP contribution < -0.4 is 0 Å². The molecular formula is C24H27NO4. The highest BCUT2D eigenvalue weighted by Gasteiger charge is 2.55. The zero-order chi connectivity index (χ0) is 20.5. The second kappa shape index (κ2) is 8.17. The molecule has 1 aromatic heterocycles. The lowest BCUT2D eigenvalue weighted by Crippen LogP contribution is -2.14. The monoisotopic (exact) mass is 393 g/mol. The number of aliphatic hydroxyl groups is 1. The number of aromatic nitrogens is 1. The SMILES string of the molecule is CCC(=O)c1cc(C(=O)CC2[C@H]3CC(O)C[C@@H]23)cc(C(OC)c2ccccc2)n1. The molecule has 0 amide bonds. The zero-order valence-electron chi connectivity index (χ0n) is 16.9. The van der Waals surface area contributed by atoms with Crippen LogP contribution in [0.2, 0.25) is 0 Å². The summed E-state index contributed by atoms with van der Waals surface area (Å²) < 4.78 is 5.68. The molecule has 0 radical (unpaired) electrons. The smallest absolute Gasteiger partial charge is 0.180 e. The van der Waals surface area contributed by atoms with Crippen LogP contribution in [0.5, 0.6) is 0 Å². The van der Waals surface area contributed by atoms with Gasteiger partial charge in [0.25, 0.3) is 0 Å². The van der Waals surface area contributed by atoms with Gasteiger partial charge in [0, 0.05) is 25.5 Å². The molecule has 2 aliphatic rings. The molecule has 1 aromatic carbocycles. The summed E-state index contributed by atoms with van der Waals surface area (Å²) >= 11 is 0. The fourth-order valence-corrected chi connectivity index (χ4v) is 4.81. The third-order valence-electron chi connectivity index (χ3n) is 6.40. The average molecular weight is 393 g/mol. The number of nitrogens with zero attached hydrogens (tertiary/aromatic N) is 1. The molecule has 1 N–H and O–H groups in total. The maximum Gasteiger partial charge on any atom is 0.180 e. The molecule has 2 aliphatic carbocycles. The van der Waals surface area contributed by atoms with Crippen molar-refractivity contribution in [2.45, 2.75) is 44.8 Å². The number of aliphatic hydroxyl groups excluding tert-OH is 1. The van der Waals surface area contributed by atoms with Crippen LogP contribution in [-0.2, 0) is 4.74 Å². The first kappa shape index (κ1) is 19.9. The van der Waals surface area contributed by atoms with Crippen molar-refractivity contribution in [1.82, 2.24) is 4.98 Å². The van der Waals surface area contributed by atoms with Crippen LogP contribution in [0.25, 0.3) is 0 Å². The third-order valence-corrected chi connectivity index (χ3v) is 6.40. The summed E-state index contributed by atoms with van der Waals surface area (Å²) in [6.45, 7) is 1.79. The van der Waals surface area contributed by atoms with E-state index in [9.17, 15) is 14.7 Å². The molecule has 0 aliphatic heterocycles. The number of carbonyl (C=O) groups is 2. The molecule has 29 heavy (non-hydrogen) atoms. The number of pyridine rings is 1. The fraction of sp³-hybridized carbons (Fsp3) is 0.458. The number of rotatable bonds is 8. The van der Waals surface area contributed by atoms with Crippen LogP contribution in [0.3, 0.4) is 0 Å².